The molecule has 0 radical (unpaired) electrons. The Kier molecular flexibility index (Phi) is 5.15. The number of carbonyl (C=O) groups is 1. The number of ether oxygens (including phenoxy) is 1. The maximum atomic E-state index is 15.4. The van der Waals surface area contributed by atoms with E-state index in [1.54, 1.807) is 6.26 Å². The lowest BCUT2D eigenvalue weighted by molar-refractivity contribution is -0.131. The van der Waals surface area contributed by atoms with Gasteiger partial charge in [0.15, 0.2) is 0 Å². The number of aromatic nitrogens is 3. The zero-order valence-electron chi connectivity index (χ0n) is 18.7. The summed E-state index contributed by atoms with van der Waals surface area (Å²) in [6.45, 7) is 1.26. The number of rotatable bonds is 5. The highest BCUT2D eigenvalue weighted by molar-refractivity contribution is 5.81. The lowest BCUT2D eigenvalue weighted by Crippen LogP contribution is -2.30. The van der Waals surface area contributed by atoms with Crippen LogP contribution >= 0.6 is 0 Å². The van der Waals surface area contributed by atoms with Crippen LogP contribution in [0.1, 0.15) is 37.9 Å². The van der Waals surface area contributed by atoms with Crippen LogP contribution in [0.2, 0.25) is 0 Å². The molecule has 3 aliphatic carbocycles. The lowest BCUT2D eigenvalue weighted by Gasteiger charge is -2.25. The van der Waals surface area contributed by atoms with Crippen molar-refractivity contribution in [3.05, 3.63) is 69.6 Å². The summed E-state index contributed by atoms with van der Waals surface area (Å²) in [6.07, 6.45) is 10.6. The molecule has 3 heterocycles. The van der Waals surface area contributed by atoms with Gasteiger partial charge in [-0.1, -0.05) is 6.08 Å². The van der Waals surface area contributed by atoms with E-state index < -0.39 is 17.7 Å². The first-order valence-corrected chi connectivity index (χ1v) is 11.9. The van der Waals surface area contributed by atoms with E-state index in [4.69, 9.17) is 4.74 Å². The molecule has 1 aromatic rings. The number of amides is 1. The molecule has 178 valence electrons. The third-order valence-corrected chi connectivity index (χ3v) is 7.40. The van der Waals surface area contributed by atoms with Crippen LogP contribution < -0.4 is 5.69 Å². The van der Waals surface area contributed by atoms with Crippen LogP contribution in [0, 0.1) is 17.8 Å². The average molecular weight is 469 g/mol. The Morgan fingerprint density at radius 2 is 2.06 bits per heavy atom. The van der Waals surface area contributed by atoms with E-state index in [2.05, 4.69) is 10.2 Å². The average Bonchev–Trinajstić information content (AvgIpc) is 3.21. The Bertz CT molecular complexity index is 1250. The molecule has 3 unspecified atom stereocenters. The van der Waals surface area contributed by atoms with Crippen molar-refractivity contribution in [2.75, 3.05) is 13.1 Å². The number of carbonyl (C=O) groups excluding carboxylic acids is 1. The Morgan fingerprint density at radius 1 is 1.21 bits per heavy atom. The van der Waals surface area contributed by atoms with E-state index in [0.717, 1.165) is 35.2 Å². The topological polar surface area (TPSA) is 80.2 Å². The molecule has 1 amide bonds. The van der Waals surface area contributed by atoms with E-state index in [-0.39, 0.29) is 35.8 Å². The smallest absolute Gasteiger partial charge is 0.347 e. The van der Waals surface area contributed by atoms with Gasteiger partial charge in [0.1, 0.15) is 23.6 Å². The minimum atomic E-state index is -1.67. The first-order valence-electron chi connectivity index (χ1n) is 11.9. The van der Waals surface area contributed by atoms with Gasteiger partial charge in [0.05, 0.1) is 12.0 Å². The minimum absolute atomic E-state index is 0.0147. The predicted octanol–water partition coefficient (Wildman–Crippen LogP) is 3.55. The van der Waals surface area contributed by atoms with Gasteiger partial charge in [-0.05, 0) is 61.0 Å². The number of halogens is 2. The summed E-state index contributed by atoms with van der Waals surface area (Å²) in [4.78, 5) is 26.8. The third-order valence-electron chi connectivity index (χ3n) is 7.40. The largest absolute Gasteiger partial charge is 0.469 e. The van der Waals surface area contributed by atoms with Crippen LogP contribution in [0.25, 0.3) is 5.70 Å². The van der Waals surface area contributed by atoms with Crippen LogP contribution in [-0.2, 0) is 16.0 Å². The molecule has 9 heteroatoms. The monoisotopic (exact) mass is 468 g/mol. The lowest BCUT2D eigenvalue weighted by atomic mass is 9.85. The molecule has 6 rings (SSSR count). The van der Waals surface area contributed by atoms with Crippen molar-refractivity contribution >= 4 is 11.6 Å². The van der Waals surface area contributed by atoms with Gasteiger partial charge >= 0.3 is 5.69 Å². The first-order chi connectivity index (χ1) is 16.5. The number of nitrogens with zero attached hydrogens (tertiary/aromatic N) is 3. The summed E-state index contributed by atoms with van der Waals surface area (Å²) in [5, 5.41) is 6.44. The fourth-order valence-electron chi connectivity index (χ4n) is 5.41. The Morgan fingerprint density at radius 3 is 2.85 bits per heavy atom. The quantitative estimate of drug-likeness (QED) is 0.717. The van der Waals surface area contributed by atoms with Gasteiger partial charge in [-0.25, -0.2) is 23.2 Å². The van der Waals surface area contributed by atoms with Crippen molar-refractivity contribution in [3.63, 3.8) is 0 Å². The second kappa shape index (κ2) is 8.21. The maximum Gasteiger partial charge on any atom is 0.347 e. The molecule has 0 aromatic carbocycles. The molecule has 0 bridgehead atoms. The Balaban J connectivity index is 1.24. The molecular formula is C25H26F2N4O3. The van der Waals surface area contributed by atoms with Crippen LogP contribution in [0.5, 0.6) is 0 Å². The molecule has 5 aliphatic rings. The summed E-state index contributed by atoms with van der Waals surface area (Å²) >= 11 is 0. The molecule has 2 aliphatic heterocycles. The SMILES string of the molecule is O=C(C1CC1)N1CCC(Cc2n[nH]c(=O)n2C2=C(F)C=C(C3=CC=C4OC=CC4C3)CC2F)C1. The molecule has 3 atom stereocenters. The van der Waals surface area contributed by atoms with E-state index in [1.165, 1.54) is 6.08 Å². The van der Waals surface area contributed by atoms with E-state index in [0.29, 0.717) is 37.3 Å². The highest BCUT2D eigenvalue weighted by Crippen LogP contribution is 2.40. The number of likely N-dealkylation sites (tertiary alicyclic amines) is 1. The van der Waals surface area contributed by atoms with Crippen molar-refractivity contribution in [1.82, 2.24) is 19.7 Å². The normalized spacial score (nSPS) is 28.5. The molecule has 1 saturated heterocycles. The van der Waals surface area contributed by atoms with E-state index in [1.807, 2.05) is 23.1 Å². The van der Waals surface area contributed by atoms with E-state index in [9.17, 15) is 9.59 Å². The fourth-order valence-corrected chi connectivity index (χ4v) is 5.41. The van der Waals surface area contributed by atoms with Gasteiger partial charge in [0.25, 0.3) is 0 Å². The van der Waals surface area contributed by atoms with Crippen LogP contribution in [0.3, 0.4) is 0 Å². The summed E-state index contributed by atoms with van der Waals surface area (Å²) in [5.41, 5.74) is 0.513. The number of hydrogen-bond donors (Lipinski definition) is 1. The van der Waals surface area contributed by atoms with E-state index >= 15 is 8.78 Å². The minimum Gasteiger partial charge on any atom is -0.469 e. The Hall–Kier alpha value is -3.23. The number of alkyl halides is 1. The summed E-state index contributed by atoms with van der Waals surface area (Å²) < 4.78 is 37.2. The fraction of sp³-hybridized carbons (Fsp3) is 0.480. The molecule has 1 N–H and O–H groups in total. The number of nitrogens with one attached hydrogen (secondary N) is 1. The summed E-state index contributed by atoms with van der Waals surface area (Å²) in [5.74, 6) is 0.935. The number of aromatic amines is 1. The molecule has 2 fully saturated rings. The van der Waals surface area contributed by atoms with Gasteiger partial charge in [-0.15, -0.1) is 0 Å². The number of hydrogen-bond acceptors (Lipinski definition) is 4. The van der Waals surface area contributed by atoms with Crippen LogP contribution in [0.15, 0.2) is 58.1 Å². The standard InChI is InChI=1S/C25H26F2N4O3/c26-19-11-18(16-3-4-21-17(10-16)6-8-34-21)12-20(27)23(19)31-22(28-29-25(31)33)9-14-5-7-30(13-14)24(32)15-1-2-15/h3-4,6,8,11,14-15,17,20H,1-2,5,7,9-10,12-13H2,(H,29,33). The van der Waals surface area contributed by atoms with Crippen molar-refractivity contribution in [1.29, 1.82) is 0 Å². The van der Waals surface area contributed by atoms with Gasteiger partial charge in [0, 0.05) is 37.8 Å². The molecule has 0 spiro atoms. The molecule has 7 nitrogen and oxygen atoms in total. The van der Waals surface area contributed by atoms with Crippen molar-refractivity contribution in [3.8, 4) is 0 Å². The molecule has 1 aromatic heterocycles. The number of fused-ring (bicyclic) bond motifs is 1. The van der Waals surface area contributed by atoms with Gasteiger partial charge in [0.2, 0.25) is 5.91 Å². The zero-order valence-corrected chi connectivity index (χ0v) is 18.7. The molecule has 34 heavy (non-hydrogen) atoms. The molecule has 1 saturated carbocycles. The van der Waals surface area contributed by atoms with Crippen LogP contribution in [-0.4, -0.2) is 44.8 Å². The zero-order chi connectivity index (χ0) is 23.4. The molecular weight excluding hydrogens is 442 g/mol. The second-order valence-corrected chi connectivity index (χ2v) is 9.79. The van der Waals surface area contributed by atoms with Crippen molar-refractivity contribution < 1.29 is 18.3 Å². The van der Waals surface area contributed by atoms with Crippen molar-refractivity contribution in [2.24, 2.45) is 17.8 Å². The maximum absolute atomic E-state index is 15.4. The highest BCUT2D eigenvalue weighted by Gasteiger charge is 2.38. The Labute approximate surface area is 195 Å². The first kappa shape index (κ1) is 21.3. The predicted molar refractivity (Wildman–Crippen MR) is 120 cm³/mol. The summed E-state index contributed by atoms with van der Waals surface area (Å²) in [7, 11) is 0. The van der Waals surface area contributed by atoms with Gasteiger partial charge in [-0.2, -0.15) is 5.10 Å². The van der Waals surface area contributed by atoms with Gasteiger partial charge < -0.3 is 9.64 Å². The van der Waals surface area contributed by atoms with Crippen LogP contribution in [0.4, 0.5) is 8.78 Å². The second-order valence-electron chi connectivity index (χ2n) is 9.79. The summed E-state index contributed by atoms with van der Waals surface area (Å²) in [6, 6.07) is 0. The third kappa shape index (κ3) is 3.76. The van der Waals surface area contributed by atoms with Gasteiger partial charge in [-0.3, -0.25) is 4.79 Å². The highest BCUT2D eigenvalue weighted by atomic mass is 19.1. The number of H-pyrrole nitrogens is 1. The van der Waals surface area contributed by atoms with Crippen molar-refractivity contribution in [2.45, 2.75) is 44.7 Å². The number of allylic oxidation sites excluding steroid dienone is 8.